The molecule has 0 spiro atoms. The number of anilines is 1. The minimum atomic E-state index is 0.232. The van der Waals surface area contributed by atoms with Crippen molar-refractivity contribution in [1.29, 1.82) is 0 Å². The number of hydrogen-bond donors (Lipinski definition) is 0. The van der Waals surface area contributed by atoms with E-state index in [9.17, 15) is 4.79 Å². The maximum Gasteiger partial charge on any atom is 0.229 e. The first-order valence-electron chi connectivity index (χ1n) is 7.72. The molecule has 0 radical (unpaired) electrons. The lowest BCUT2D eigenvalue weighted by molar-refractivity contribution is -0.117. The van der Waals surface area contributed by atoms with Crippen LogP contribution in [0.4, 0.5) is 5.69 Å². The molecule has 4 heterocycles. The van der Waals surface area contributed by atoms with Gasteiger partial charge in [-0.2, -0.15) is 5.10 Å². The van der Waals surface area contributed by atoms with Gasteiger partial charge in [0.1, 0.15) is 0 Å². The van der Waals surface area contributed by atoms with E-state index in [1.54, 1.807) is 10.9 Å². The van der Waals surface area contributed by atoms with Crippen LogP contribution in [0.5, 0.6) is 0 Å². The lowest BCUT2D eigenvalue weighted by atomic mass is 10.1. The van der Waals surface area contributed by atoms with Crippen molar-refractivity contribution in [2.45, 2.75) is 38.4 Å². The molecule has 2 saturated heterocycles. The van der Waals surface area contributed by atoms with Crippen LogP contribution in [-0.2, 0) is 18.4 Å². The van der Waals surface area contributed by atoms with Crippen molar-refractivity contribution in [3.05, 3.63) is 34.3 Å². The number of carbonyl (C=O) groups is 1. The van der Waals surface area contributed by atoms with Crippen LogP contribution in [-0.4, -0.2) is 39.2 Å². The summed E-state index contributed by atoms with van der Waals surface area (Å²) in [6, 6.07) is 5.03. The van der Waals surface area contributed by atoms with Crippen molar-refractivity contribution in [2.24, 2.45) is 7.05 Å². The maximum atomic E-state index is 12.5. The third-order valence-corrected chi connectivity index (χ3v) is 5.72. The Hall–Kier alpha value is -1.66. The Balaban J connectivity index is 1.54. The van der Waals surface area contributed by atoms with Gasteiger partial charge in [0.05, 0.1) is 17.9 Å². The lowest BCUT2D eigenvalue weighted by Gasteiger charge is -2.24. The normalized spacial score (nSPS) is 25.2. The molecule has 2 aromatic rings. The van der Waals surface area contributed by atoms with Crippen LogP contribution in [0.3, 0.4) is 0 Å². The van der Waals surface area contributed by atoms with E-state index in [1.165, 1.54) is 9.75 Å². The van der Waals surface area contributed by atoms with E-state index in [4.69, 9.17) is 0 Å². The van der Waals surface area contributed by atoms with Crippen molar-refractivity contribution < 1.29 is 4.79 Å². The minimum absolute atomic E-state index is 0.232. The summed E-state index contributed by atoms with van der Waals surface area (Å²) in [5.74, 6) is 0.232. The molecule has 2 aromatic heterocycles. The summed E-state index contributed by atoms with van der Waals surface area (Å²) in [6.45, 7) is 4.17. The highest BCUT2D eigenvalue weighted by molar-refractivity contribution is 7.11. The molecule has 0 aromatic carbocycles. The highest BCUT2D eigenvalue weighted by Crippen LogP contribution is 2.36. The molecule has 0 unspecified atom stereocenters. The Bertz CT molecular complexity index is 707. The molecule has 0 bridgehead atoms. The second-order valence-electron chi connectivity index (χ2n) is 6.25. The van der Waals surface area contributed by atoms with Gasteiger partial charge >= 0.3 is 0 Å². The molecule has 2 aliphatic heterocycles. The van der Waals surface area contributed by atoms with Crippen LogP contribution in [0.1, 0.15) is 22.6 Å². The van der Waals surface area contributed by atoms with Gasteiger partial charge in [-0.25, -0.2) is 0 Å². The Labute approximate surface area is 134 Å². The summed E-state index contributed by atoms with van der Waals surface area (Å²) >= 11 is 1.86. The number of hydrogen-bond acceptors (Lipinski definition) is 4. The summed E-state index contributed by atoms with van der Waals surface area (Å²) in [4.78, 5) is 19.7. The van der Waals surface area contributed by atoms with E-state index >= 15 is 0 Å². The van der Waals surface area contributed by atoms with Gasteiger partial charge in [0.15, 0.2) is 0 Å². The lowest BCUT2D eigenvalue weighted by Crippen LogP contribution is -2.36. The fourth-order valence-electron chi connectivity index (χ4n) is 3.76. The zero-order chi connectivity index (χ0) is 15.3. The number of rotatable bonds is 3. The fourth-order valence-corrected chi connectivity index (χ4v) is 4.68. The van der Waals surface area contributed by atoms with Crippen LogP contribution in [0, 0.1) is 6.92 Å². The SMILES string of the molecule is Cc1ccc(CN2CC[C@H]3[C@@H]2CC(=O)N3c2cnn(C)c2)s1. The molecule has 2 atom stereocenters. The largest absolute Gasteiger partial charge is 0.305 e. The quantitative estimate of drug-likeness (QED) is 0.871. The molecule has 22 heavy (non-hydrogen) atoms. The molecule has 5 nitrogen and oxygen atoms in total. The van der Waals surface area contributed by atoms with Crippen molar-refractivity contribution in [3.8, 4) is 0 Å². The molecular formula is C16H20N4OS. The third-order valence-electron chi connectivity index (χ3n) is 4.73. The van der Waals surface area contributed by atoms with Gasteiger partial charge in [-0.05, 0) is 25.5 Å². The van der Waals surface area contributed by atoms with E-state index in [2.05, 4.69) is 29.1 Å². The van der Waals surface area contributed by atoms with Crippen molar-refractivity contribution in [3.63, 3.8) is 0 Å². The van der Waals surface area contributed by atoms with Gasteiger partial charge in [-0.3, -0.25) is 14.4 Å². The van der Waals surface area contributed by atoms with E-state index in [0.29, 0.717) is 18.5 Å². The predicted octanol–water partition coefficient (Wildman–Crippen LogP) is 2.17. The van der Waals surface area contributed by atoms with Crippen molar-refractivity contribution in [1.82, 2.24) is 14.7 Å². The zero-order valence-electron chi connectivity index (χ0n) is 12.9. The van der Waals surface area contributed by atoms with E-state index in [0.717, 1.165) is 25.2 Å². The Morgan fingerprint density at radius 2 is 2.23 bits per heavy atom. The number of carbonyl (C=O) groups excluding carboxylic acids is 1. The van der Waals surface area contributed by atoms with Crippen LogP contribution in [0.25, 0.3) is 0 Å². The van der Waals surface area contributed by atoms with Crippen LogP contribution in [0.15, 0.2) is 24.5 Å². The van der Waals surface area contributed by atoms with Gasteiger partial charge in [0.2, 0.25) is 5.91 Å². The molecule has 0 saturated carbocycles. The van der Waals surface area contributed by atoms with Crippen molar-refractivity contribution >= 4 is 22.9 Å². The third kappa shape index (κ3) is 2.27. The van der Waals surface area contributed by atoms with Gasteiger partial charge in [0.25, 0.3) is 0 Å². The minimum Gasteiger partial charge on any atom is -0.305 e. The highest BCUT2D eigenvalue weighted by Gasteiger charge is 2.47. The summed E-state index contributed by atoms with van der Waals surface area (Å²) in [6.07, 6.45) is 5.41. The molecule has 0 N–H and O–H groups in total. The van der Waals surface area contributed by atoms with Gasteiger partial charge in [-0.15, -0.1) is 11.3 Å². The number of fused-ring (bicyclic) bond motifs is 1. The van der Waals surface area contributed by atoms with Crippen molar-refractivity contribution in [2.75, 3.05) is 11.4 Å². The molecule has 6 heteroatoms. The van der Waals surface area contributed by atoms with Gasteiger partial charge in [-0.1, -0.05) is 0 Å². The first kappa shape index (κ1) is 14.0. The second kappa shape index (κ2) is 5.21. The molecule has 4 rings (SSSR count). The van der Waals surface area contributed by atoms with Gasteiger partial charge in [0, 0.05) is 48.6 Å². The number of aromatic nitrogens is 2. The molecule has 2 aliphatic rings. The van der Waals surface area contributed by atoms with Gasteiger partial charge < -0.3 is 4.90 Å². The smallest absolute Gasteiger partial charge is 0.229 e. The van der Waals surface area contributed by atoms with E-state index in [1.807, 2.05) is 29.5 Å². The maximum absolute atomic E-state index is 12.5. The molecule has 2 fully saturated rings. The monoisotopic (exact) mass is 316 g/mol. The number of likely N-dealkylation sites (tertiary alicyclic amines) is 1. The van der Waals surface area contributed by atoms with E-state index in [-0.39, 0.29) is 5.91 Å². The fraction of sp³-hybridized carbons (Fsp3) is 0.500. The second-order valence-corrected chi connectivity index (χ2v) is 7.62. The number of amides is 1. The standard InChI is InChI=1S/C16H20N4OS/c1-11-3-4-13(22-11)10-19-6-5-14-15(19)7-16(21)20(14)12-8-17-18(2)9-12/h3-4,8-9,14-15H,5-7,10H2,1-2H3/t14-,15-/m0/s1. The topological polar surface area (TPSA) is 41.4 Å². The summed E-state index contributed by atoms with van der Waals surface area (Å²) in [7, 11) is 1.89. The average Bonchev–Trinajstić information content (AvgIpc) is 3.20. The first-order valence-corrected chi connectivity index (χ1v) is 8.53. The van der Waals surface area contributed by atoms with E-state index < -0.39 is 0 Å². The molecule has 116 valence electrons. The molecule has 1 amide bonds. The molecule has 0 aliphatic carbocycles. The first-order chi connectivity index (χ1) is 10.6. The average molecular weight is 316 g/mol. The Kier molecular flexibility index (Phi) is 3.31. The number of nitrogens with zero attached hydrogens (tertiary/aromatic N) is 4. The molecular weight excluding hydrogens is 296 g/mol. The summed E-state index contributed by atoms with van der Waals surface area (Å²) < 4.78 is 1.76. The zero-order valence-corrected chi connectivity index (χ0v) is 13.7. The predicted molar refractivity (Wildman–Crippen MR) is 87.0 cm³/mol. The number of aryl methyl sites for hydroxylation is 2. The summed E-state index contributed by atoms with van der Waals surface area (Å²) in [5, 5.41) is 4.21. The van der Waals surface area contributed by atoms with Crippen LogP contribution < -0.4 is 4.90 Å². The Morgan fingerprint density at radius 1 is 1.36 bits per heavy atom. The van der Waals surface area contributed by atoms with Crippen LogP contribution in [0.2, 0.25) is 0 Å². The summed E-state index contributed by atoms with van der Waals surface area (Å²) in [5.41, 5.74) is 0.939. The van der Waals surface area contributed by atoms with Crippen LogP contribution >= 0.6 is 11.3 Å². The Morgan fingerprint density at radius 3 is 2.91 bits per heavy atom. The number of thiophene rings is 1. The highest BCUT2D eigenvalue weighted by atomic mass is 32.1.